The molecule has 0 unspecified atom stereocenters. The standard InChI is InChI=1S/C15H19N3O3S2/c1-10-9-16-14(22-10)17-13(19)11-5-7-12(8-6-11)23(20,21)18-15(2,3)4/h5-9,18H,1-4H3,(H,16,17,19). The largest absolute Gasteiger partial charge is 0.298 e. The van der Waals surface area contributed by atoms with Gasteiger partial charge in [-0.15, -0.1) is 11.3 Å². The first-order valence-electron chi connectivity index (χ1n) is 6.95. The smallest absolute Gasteiger partial charge is 0.257 e. The molecular formula is C15H19N3O3S2. The van der Waals surface area contributed by atoms with Crippen LogP contribution in [0.3, 0.4) is 0 Å². The molecule has 0 bridgehead atoms. The molecule has 0 fully saturated rings. The molecule has 124 valence electrons. The summed E-state index contributed by atoms with van der Waals surface area (Å²) in [5.41, 5.74) is -0.204. The fourth-order valence-corrected chi connectivity index (χ4v) is 3.91. The van der Waals surface area contributed by atoms with Gasteiger partial charge in [0, 0.05) is 22.2 Å². The second-order valence-electron chi connectivity index (χ2n) is 6.11. The molecule has 2 aromatic rings. The van der Waals surface area contributed by atoms with Crippen molar-refractivity contribution in [1.29, 1.82) is 0 Å². The van der Waals surface area contributed by atoms with Crippen LogP contribution in [0.4, 0.5) is 5.13 Å². The molecule has 6 nitrogen and oxygen atoms in total. The van der Waals surface area contributed by atoms with Crippen molar-refractivity contribution < 1.29 is 13.2 Å². The Morgan fingerprint density at radius 2 is 1.78 bits per heavy atom. The Labute approximate surface area is 140 Å². The number of hydrogen-bond acceptors (Lipinski definition) is 5. The Bertz CT molecular complexity index is 803. The number of carbonyl (C=O) groups excluding carboxylic acids is 1. The minimum Gasteiger partial charge on any atom is -0.298 e. The second kappa shape index (κ2) is 6.38. The van der Waals surface area contributed by atoms with Gasteiger partial charge in [-0.25, -0.2) is 18.1 Å². The van der Waals surface area contributed by atoms with Crippen molar-refractivity contribution in [3.63, 3.8) is 0 Å². The number of amides is 1. The number of carbonyl (C=O) groups is 1. The molecule has 8 heteroatoms. The maximum atomic E-state index is 12.2. The average Bonchev–Trinajstić information content (AvgIpc) is 2.81. The van der Waals surface area contributed by atoms with E-state index in [4.69, 9.17) is 0 Å². The molecule has 0 aliphatic rings. The number of benzene rings is 1. The van der Waals surface area contributed by atoms with E-state index in [0.717, 1.165) is 4.88 Å². The Morgan fingerprint density at radius 3 is 2.26 bits per heavy atom. The third-order valence-corrected chi connectivity index (χ3v) is 5.31. The Hall–Kier alpha value is -1.77. The highest BCUT2D eigenvalue weighted by molar-refractivity contribution is 7.89. The zero-order chi connectivity index (χ0) is 17.3. The van der Waals surface area contributed by atoms with E-state index in [1.807, 2.05) is 6.92 Å². The first kappa shape index (κ1) is 17.6. The average molecular weight is 353 g/mol. The summed E-state index contributed by atoms with van der Waals surface area (Å²) in [6.07, 6.45) is 1.67. The lowest BCUT2D eigenvalue weighted by molar-refractivity contribution is 0.102. The Kier molecular flexibility index (Phi) is 4.88. The van der Waals surface area contributed by atoms with E-state index in [2.05, 4.69) is 15.0 Å². The van der Waals surface area contributed by atoms with Gasteiger partial charge in [0.05, 0.1) is 4.90 Å². The molecule has 0 aliphatic heterocycles. The monoisotopic (exact) mass is 353 g/mol. The predicted molar refractivity (Wildman–Crippen MR) is 91.3 cm³/mol. The lowest BCUT2D eigenvalue weighted by Crippen LogP contribution is -2.40. The van der Waals surface area contributed by atoms with Gasteiger partial charge in [-0.05, 0) is 52.0 Å². The van der Waals surface area contributed by atoms with Gasteiger partial charge in [0.25, 0.3) is 5.91 Å². The fraction of sp³-hybridized carbons (Fsp3) is 0.333. The third kappa shape index (κ3) is 4.85. The summed E-state index contributed by atoms with van der Waals surface area (Å²) in [6, 6.07) is 5.78. The predicted octanol–water partition coefficient (Wildman–Crippen LogP) is 2.78. The van der Waals surface area contributed by atoms with Crippen LogP contribution in [0.1, 0.15) is 36.0 Å². The number of rotatable bonds is 4. The van der Waals surface area contributed by atoms with E-state index in [1.54, 1.807) is 27.0 Å². The molecule has 2 rings (SSSR count). The number of nitrogens with zero attached hydrogens (tertiary/aromatic N) is 1. The summed E-state index contributed by atoms with van der Waals surface area (Å²) in [6.45, 7) is 7.20. The van der Waals surface area contributed by atoms with Gasteiger partial charge in [0.1, 0.15) is 0 Å². The summed E-state index contributed by atoms with van der Waals surface area (Å²) < 4.78 is 27.0. The minimum atomic E-state index is -3.61. The van der Waals surface area contributed by atoms with Crippen LogP contribution in [-0.2, 0) is 10.0 Å². The van der Waals surface area contributed by atoms with E-state index in [0.29, 0.717) is 10.7 Å². The van der Waals surface area contributed by atoms with E-state index in [-0.39, 0.29) is 10.8 Å². The van der Waals surface area contributed by atoms with Gasteiger partial charge in [0.2, 0.25) is 10.0 Å². The van der Waals surface area contributed by atoms with Crippen molar-refractivity contribution in [2.24, 2.45) is 0 Å². The molecule has 0 radical (unpaired) electrons. The number of aryl methyl sites for hydroxylation is 1. The topological polar surface area (TPSA) is 88.2 Å². The molecule has 23 heavy (non-hydrogen) atoms. The number of anilines is 1. The zero-order valence-corrected chi connectivity index (χ0v) is 15.0. The van der Waals surface area contributed by atoms with Crippen LogP contribution in [0.2, 0.25) is 0 Å². The molecule has 2 N–H and O–H groups in total. The first-order chi connectivity index (χ1) is 10.6. The number of thiazole rings is 1. The zero-order valence-electron chi connectivity index (χ0n) is 13.4. The molecule has 0 atom stereocenters. The summed E-state index contributed by atoms with van der Waals surface area (Å²) in [5.74, 6) is -0.327. The lowest BCUT2D eigenvalue weighted by atomic mass is 10.1. The van der Waals surface area contributed by atoms with E-state index >= 15 is 0 Å². The van der Waals surface area contributed by atoms with Crippen LogP contribution in [0.25, 0.3) is 0 Å². The van der Waals surface area contributed by atoms with E-state index < -0.39 is 15.6 Å². The van der Waals surface area contributed by atoms with Crippen LogP contribution < -0.4 is 10.0 Å². The van der Waals surface area contributed by atoms with Gasteiger partial charge >= 0.3 is 0 Å². The first-order valence-corrected chi connectivity index (χ1v) is 9.25. The van der Waals surface area contributed by atoms with Crippen LogP contribution in [0.15, 0.2) is 35.4 Å². The van der Waals surface area contributed by atoms with E-state index in [9.17, 15) is 13.2 Å². The third-order valence-electron chi connectivity index (χ3n) is 2.71. The van der Waals surface area contributed by atoms with Gasteiger partial charge in [-0.2, -0.15) is 0 Å². The van der Waals surface area contributed by atoms with Gasteiger partial charge < -0.3 is 0 Å². The van der Waals surface area contributed by atoms with Crippen molar-refractivity contribution in [3.8, 4) is 0 Å². The number of aromatic nitrogens is 1. The molecule has 1 heterocycles. The summed E-state index contributed by atoms with van der Waals surface area (Å²) in [5, 5.41) is 3.19. The van der Waals surface area contributed by atoms with Crippen molar-refractivity contribution in [2.75, 3.05) is 5.32 Å². The van der Waals surface area contributed by atoms with Crippen molar-refractivity contribution in [2.45, 2.75) is 38.1 Å². The van der Waals surface area contributed by atoms with Crippen LogP contribution >= 0.6 is 11.3 Å². The van der Waals surface area contributed by atoms with Crippen molar-refractivity contribution in [3.05, 3.63) is 40.9 Å². The number of hydrogen-bond donors (Lipinski definition) is 2. The maximum Gasteiger partial charge on any atom is 0.257 e. The quantitative estimate of drug-likeness (QED) is 0.885. The maximum absolute atomic E-state index is 12.2. The van der Waals surface area contributed by atoms with Crippen molar-refractivity contribution >= 4 is 32.4 Å². The molecule has 0 spiro atoms. The van der Waals surface area contributed by atoms with Crippen LogP contribution in [0.5, 0.6) is 0 Å². The molecule has 0 aliphatic carbocycles. The highest BCUT2D eigenvalue weighted by Gasteiger charge is 2.22. The normalized spacial score (nSPS) is 12.2. The highest BCUT2D eigenvalue weighted by atomic mass is 32.2. The fourth-order valence-electron chi connectivity index (χ4n) is 1.83. The molecule has 1 aromatic carbocycles. The van der Waals surface area contributed by atoms with E-state index in [1.165, 1.54) is 35.6 Å². The SMILES string of the molecule is Cc1cnc(NC(=O)c2ccc(S(=O)(=O)NC(C)(C)C)cc2)s1. The number of sulfonamides is 1. The molecule has 0 saturated carbocycles. The van der Waals surface area contributed by atoms with Crippen LogP contribution in [0, 0.1) is 6.92 Å². The van der Waals surface area contributed by atoms with Gasteiger partial charge in [-0.3, -0.25) is 10.1 Å². The summed E-state index contributed by atoms with van der Waals surface area (Å²) in [4.78, 5) is 17.3. The molecule has 1 amide bonds. The molecule has 0 saturated heterocycles. The van der Waals surface area contributed by atoms with Crippen LogP contribution in [-0.4, -0.2) is 24.8 Å². The second-order valence-corrected chi connectivity index (χ2v) is 9.03. The summed E-state index contributed by atoms with van der Waals surface area (Å²) in [7, 11) is -3.61. The minimum absolute atomic E-state index is 0.120. The van der Waals surface area contributed by atoms with Gasteiger partial charge in [-0.1, -0.05) is 0 Å². The number of nitrogens with one attached hydrogen (secondary N) is 2. The Balaban J connectivity index is 2.14. The highest BCUT2D eigenvalue weighted by Crippen LogP contribution is 2.18. The lowest BCUT2D eigenvalue weighted by Gasteiger charge is -2.20. The van der Waals surface area contributed by atoms with Gasteiger partial charge in [0.15, 0.2) is 5.13 Å². The molecular weight excluding hydrogens is 334 g/mol. The van der Waals surface area contributed by atoms with Crippen molar-refractivity contribution in [1.82, 2.24) is 9.71 Å². The molecule has 1 aromatic heterocycles. The Morgan fingerprint density at radius 1 is 1.17 bits per heavy atom. The summed E-state index contributed by atoms with van der Waals surface area (Å²) >= 11 is 1.38.